The van der Waals surface area contributed by atoms with Gasteiger partial charge in [0.25, 0.3) is 0 Å². The zero-order valence-electron chi connectivity index (χ0n) is 10.8. The Hall–Kier alpha value is -0.120. The second kappa shape index (κ2) is 8.08. The second-order valence-electron chi connectivity index (χ2n) is 4.62. The lowest BCUT2D eigenvalue weighted by atomic mass is 9.98. The predicted molar refractivity (Wildman–Crippen MR) is 64.0 cm³/mol. The molecule has 2 N–H and O–H groups in total. The summed E-state index contributed by atoms with van der Waals surface area (Å²) in [7, 11) is 1.72. The minimum Gasteiger partial charge on any atom is -0.392 e. The number of rotatable bonds is 8. The Labute approximate surface area is 94.2 Å². The third-order valence-electron chi connectivity index (χ3n) is 2.80. The van der Waals surface area contributed by atoms with Crippen LogP contribution in [0.5, 0.6) is 0 Å². The number of nitrogens with one attached hydrogen (secondary N) is 1. The van der Waals surface area contributed by atoms with Crippen LogP contribution in [0.25, 0.3) is 0 Å². The molecule has 0 aliphatic carbocycles. The van der Waals surface area contributed by atoms with Gasteiger partial charge in [-0.25, -0.2) is 0 Å². The highest BCUT2D eigenvalue weighted by molar-refractivity contribution is 4.77. The van der Waals surface area contributed by atoms with Gasteiger partial charge in [-0.05, 0) is 32.6 Å². The normalized spacial score (nSPS) is 19.6. The summed E-state index contributed by atoms with van der Waals surface area (Å²) < 4.78 is 5.11. The smallest absolute Gasteiger partial charge is 0.0665 e. The highest BCUT2D eigenvalue weighted by atomic mass is 16.5. The van der Waals surface area contributed by atoms with Crippen molar-refractivity contribution in [3.63, 3.8) is 0 Å². The summed E-state index contributed by atoms with van der Waals surface area (Å²) in [5.41, 5.74) is 0. The summed E-state index contributed by atoms with van der Waals surface area (Å²) in [6.45, 7) is 9.05. The number of aliphatic hydroxyl groups is 1. The van der Waals surface area contributed by atoms with Gasteiger partial charge >= 0.3 is 0 Å². The first-order chi connectivity index (χ1) is 7.01. The van der Waals surface area contributed by atoms with E-state index in [1.807, 2.05) is 6.92 Å². The molecule has 0 spiro atoms. The van der Waals surface area contributed by atoms with E-state index >= 15 is 0 Å². The number of aliphatic hydroxyl groups excluding tert-OH is 1. The molecule has 4 atom stereocenters. The number of methoxy groups -OCH3 is 1. The fraction of sp³-hybridized carbons (Fsp3) is 1.00. The van der Waals surface area contributed by atoms with Gasteiger partial charge in [-0.15, -0.1) is 0 Å². The van der Waals surface area contributed by atoms with Crippen LogP contribution in [0.3, 0.4) is 0 Å². The van der Waals surface area contributed by atoms with Crippen molar-refractivity contribution in [2.75, 3.05) is 13.7 Å². The third-order valence-corrected chi connectivity index (χ3v) is 2.80. The number of ether oxygens (including phenoxy) is 1. The molecule has 0 bridgehead atoms. The molecule has 0 aliphatic rings. The lowest BCUT2D eigenvalue weighted by Gasteiger charge is -2.27. The van der Waals surface area contributed by atoms with Crippen molar-refractivity contribution in [3.8, 4) is 0 Å². The summed E-state index contributed by atoms with van der Waals surface area (Å²) in [6, 6.07) is 0.629. The lowest BCUT2D eigenvalue weighted by molar-refractivity contribution is 0.101. The van der Waals surface area contributed by atoms with E-state index in [9.17, 15) is 5.11 Å². The van der Waals surface area contributed by atoms with E-state index in [0.29, 0.717) is 12.0 Å². The van der Waals surface area contributed by atoms with Crippen LogP contribution < -0.4 is 5.32 Å². The van der Waals surface area contributed by atoms with E-state index in [-0.39, 0.29) is 12.1 Å². The van der Waals surface area contributed by atoms with Crippen LogP contribution in [0.15, 0.2) is 0 Å². The van der Waals surface area contributed by atoms with Gasteiger partial charge in [0.15, 0.2) is 0 Å². The molecule has 0 saturated heterocycles. The van der Waals surface area contributed by atoms with Crippen LogP contribution in [-0.4, -0.2) is 37.0 Å². The van der Waals surface area contributed by atoms with Gasteiger partial charge in [-0.2, -0.15) is 0 Å². The highest BCUT2D eigenvalue weighted by Crippen LogP contribution is 2.11. The quantitative estimate of drug-likeness (QED) is 0.651. The number of hydrogen-bond acceptors (Lipinski definition) is 3. The topological polar surface area (TPSA) is 41.5 Å². The Morgan fingerprint density at radius 3 is 2.27 bits per heavy atom. The van der Waals surface area contributed by atoms with Crippen molar-refractivity contribution >= 4 is 0 Å². The molecule has 0 rings (SSSR count). The monoisotopic (exact) mass is 217 g/mol. The van der Waals surface area contributed by atoms with E-state index in [1.54, 1.807) is 7.11 Å². The summed E-state index contributed by atoms with van der Waals surface area (Å²) in [5, 5.41) is 13.1. The molecule has 0 radical (unpaired) electrons. The zero-order valence-corrected chi connectivity index (χ0v) is 10.8. The molecule has 0 aromatic heterocycles. The van der Waals surface area contributed by atoms with E-state index in [1.165, 1.54) is 0 Å². The summed E-state index contributed by atoms with van der Waals surface area (Å²) >= 11 is 0. The SMILES string of the molecule is CCC(C)NC(CC(C)COC)C(C)O. The minimum absolute atomic E-state index is 0.171. The molecule has 0 fully saturated rings. The molecular weight excluding hydrogens is 190 g/mol. The van der Waals surface area contributed by atoms with E-state index in [0.717, 1.165) is 19.4 Å². The number of hydrogen-bond donors (Lipinski definition) is 2. The van der Waals surface area contributed by atoms with E-state index in [2.05, 4.69) is 26.1 Å². The van der Waals surface area contributed by atoms with Crippen molar-refractivity contribution < 1.29 is 9.84 Å². The first-order valence-electron chi connectivity index (χ1n) is 5.94. The Morgan fingerprint density at radius 2 is 1.87 bits per heavy atom. The largest absolute Gasteiger partial charge is 0.392 e. The Balaban J connectivity index is 4.03. The fourth-order valence-corrected chi connectivity index (χ4v) is 1.67. The molecule has 3 heteroatoms. The lowest BCUT2D eigenvalue weighted by Crippen LogP contribution is -2.44. The highest BCUT2D eigenvalue weighted by Gasteiger charge is 2.19. The average Bonchev–Trinajstić information content (AvgIpc) is 2.16. The second-order valence-corrected chi connectivity index (χ2v) is 4.62. The maximum atomic E-state index is 9.67. The zero-order chi connectivity index (χ0) is 11.8. The van der Waals surface area contributed by atoms with E-state index in [4.69, 9.17) is 4.74 Å². The van der Waals surface area contributed by atoms with Crippen molar-refractivity contribution in [2.24, 2.45) is 5.92 Å². The Kier molecular flexibility index (Phi) is 8.02. The standard InChI is InChI=1S/C12H27NO2/c1-6-10(3)13-12(11(4)14)7-9(2)8-15-5/h9-14H,6-8H2,1-5H3. The fourth-order valence-electron chi connectivity index (χ4n) is 1.67. The van der Waals surface area contributed by atoms with Crippen molar-refractivity contribution in [3.05, 3.63) is 0 Å². The molecule has 15 heavy (non-hydrogen) atoms. The van der Waals surface area contributed by atoms with Crippen molar-refractivity contribution in [1.82, 2.24) is 5.32 Å². The van der Waals surface area contributed by atoms with Crippen LogP contribution in [0.1, 0.15) is 40.5 Å². The van der Waals surface area contributed by atoms with Crippen LogP contribution in [0.4, 0.5) is 0 Å². The first-order valence-corrected chi connectivity index (χ1v) is 5.94. The molecule has 0 heterocycles. The molecule has 0 aliphatic heterocycles. The van der Waals surface area contributed by atoms with Gasteiger partial charge in [0.1, 0.15) is 0 Å². The Morgan fingerprint density at radius 1 is 1.27 bits per heavy atom. The first kappa shape index (κ1) is 14.9. The minimum atomic E-state index is -0.307. The van der Waals surface area contributed by atoms with Crippen LogP contribution in [0, 0.1) is 5.92 Å². The average molecular weight is 217 g/mol. The molecule has 4 unspecified atom stereocenters. The van der Waals surface area contributed by atoms with Crippen LogP contribution >= 0.6 is 0 Å². The Bertz CT molecular complexity index is 151. The summed E-state index contributed by atoms with van der Waals surface area (Å²) in [4.78, 5) is 0. The van der Waals surface area contributed by atoms with Gasteiger partial charge < -0.3 is 15.2 Å². The summed E-state index contributed by atoms with van der Waals surface area (Å²) in [5.74, 6) is 0.478. The van der Waals surface area contributed by atoms with E-state index < -0.39 is 0 Å². The van der Waals surface area contributed by atoms with Crippen LogP contribution in [-0.2, 0) is 4.74 Å². The van der Waals surface area contributed by atoms with Gasteiger partial charge in [0.2, 0.25) is 0 Å². The third kappa shape index (κ3) is 6.88. The maximum Gasteiger partial charge on any atom is 0.0665 e. The molecule has 92 valence electrons. The van der Waals surface area contributed by atoms with Gasteiger partial charge in [-0.3, -0.25) is 0 Å². The molecule has 3 nitrogen and oxygen atoms in total. The molecule has 0 saturated carbocycles. The van der Waals surface area contributed by atoms with Gasteiger partial charge in [0.05, 0.1) is 6.10 Å². The predicted octanol–water partition coefficient (Wildman–Crippen LogP) is 1.80. The van der Waals surface area contributed by atoms with Crippen molar-refractivity contribution in [2.45, 2.75) is 58.7 Å². The molecule has 0 aromatic rings. The molecule has 0 amide bonds. The van der Waals surface area contributed by atoms with Gasteiger partial charge in [-0.1, -0.05) is 13.8 Å². The van der Waals surface area contributed by atoms with Crippen LogP contribution in [0.2, 0.25) is 0 Å². The molecular formula is C12H27NO2. The maximum absolute atomic E-state index is 9.67. The van der Waals surface area contributed by atoms with Crippen molar-refractivity contribution in [1.29, 1.82) is 0 Å². The van der Waals surface area contributed by atoms with Gasteiger partial charge in [0, 0.05) is 25.8 Å². The summed E-state index contributed by atoms with van der Waals surface area (Å²) in [6.07, 6.45) is 1.73. The molecule has 0 aromatic carbocycles.